The first-order chi connectivity index (χ1) is 15.3. The number of rotatable bonds is 8. The van der Waals surface area contributed by atoms with E-state index in [1.165, 1.54) is 6.42 Å². The number of carbonyl (C=O) groups excluding carboxylic acids is 2. The molecular weight excluding hydrogens is 468 g/mol. The van der Waals surface area contributed by atoms with Crippen molar-refractivity contribution in [3.8, 4) is 5.75 Å². The summed E-state index contributed by atoms with van der Waals surface area (Å²) < 4.78 is 6.81. The first-order valence-corrected chi connectivity index (χ1v) is 12.2. The average molecular weight is 501 g/mol. The molecule has 0 bridgehead atoms. The molecule has 0 aliphatic heterocycles. The van der Waals surface area contributed by atoms with E-state index in [9.17, 15) is 9.59 Å². The van der Waals surface area contributed by atoms with Gasteiger partial charge >= 0.3 is 0 Å². The van der Waals surface area contributed by atoms with E-state index in [2.05, 4.69) is 21.2 Å². The zero-order valence-electron chi connectivity index (χ0n) is 19.2. The number of hydrogen-bond acceptors (Lipinski definition) is 3. The van der Waals surface area contributed by atoms with Crippen LogP contribution in [-0.2, 0) is 16.1 Å². The topological polar surface area (TPSA) is 58.6 Å². The van der Waals surface area contributed by atoms with Gasteiger partial charge in [-0.25, -0.2) is 0 Å². The Morgan fingerprint density at radius 2 is 1.88 bits per heavy atom. The van der Waals surface area contributed by atoms with Crippen molar-refractivity contribution in [1.29, 1.82) is 0 Å². The van der Waals surface area contributed by atoms with Crippen LogP contribution in [0.25, 0.3) is 0 Å². The number of hydrogen-bond donors (Lipinski definition) is 1. The molecule has 172 valence electrons. The Bertz CT molecular complexity index is 940. The van der Waals surface area contributed by atoms with Crippen molar-refractivity contribution in [3.05, 3.63) is 63.6 Å². The summed E-state index contributed by atoms with van der Waals surface area (Å²) >= 11 is 3.49. The highest BCUT2D eigenvalue weighted by Gasteiger charge is 2.28. The van der Waals surface area contributed by atoms with Crippen LogP contribution in [-0.4, -0.2) is 35.4 Å². The summed E-state index contributed by atoms with van der Waals surface area (Å²) in [6, 6.07) is 13.3. The Hall–Kier alpha value is -2.34. The van der Waals surface area contributed by atoms with Crippen LogP contribution in [0.15, 0.2) is 46.9 Å². The lowest BCUT2D eigenvalue weighted by atomic mass is 9.95. The molecule has 1 fully saturated rings. The van der Waals surface area contributed by atoms with Gasteiger partial charge in [-0.15, -0.1) is 0 Å². The van der Waals surface area contributed by atoms with Crippen LogP contribution < -0.4 is 10.1 Å². The summed E-state index contributed by atoms with van der Waals surface area (Å²) in [5.74, 6) is 0.379. The van der Waals surface area contributed by atoms with E-state index in [1.807, 2.05) is 56.3 Å². The predicted octanol–water partition coefficient (Wildman–Crippen LogP) is 5.31. The summed E-state index contributed by atoms with van der Waals surface area (Å²) in [6.07, 6.45) is 5.53. The number of nitrogens with one attached hydrogen (secondary N) is 1. The van der Waals surface area contributed by atoms with E-state index in [0.717, 1.165) is 46.8 Å². The number of aryl methyl sites for hydroxylation is 2. The quantitative estimate of drug-likeness (QED) is 0.534. The monoisotopic (exact) mass is 500 g/mol. The van der Waals surface area contributed by atoms with Gasteiger partial charge in [-0.2, -0.15) is 0 Å². The Morgan fingerprint density at radius 1 is 1.12 bits per heavy atom. The molecule has 0 spiro atoms. The molecule has 2 amide bonds. The van der Waals surface area contributed by atoms with Crippen molar-refractivity contribution in [2.45, 2.75) is 71.5 Å². The van der Waals surface area contributed by atoms with Crippen LogP contribution in [0.5, 0.6) is 5.75 Å². The SMILES string of the molecule is Cc1ccc(C)c(OCC(=O)N(Cc2cccc(Br)c2)[C@@H](C)C(=O)NC2CCCCC2)c1. The van der Waals surface area contributed by atoms with Crippen LogP contribution >= 0.6 is 15.9 Å². The van der Waals surface area contributed by atoms with Gasteiger partial charge in [-0.3, -0.25) is 9.59 Å². The molecule has 0 heterocycles. The number of carbonyl (C=O) groups is 2. The fourth-order valence-corrected chi connectivity index (χ4v) is 4.52. The number of halogens is 1. The van der Waals surface area contributed by atoms with Crippen LogP contribution in [0.1, 0.15) is 55.7 Å². The molecule has 3 rings (SSSR count). The number of ether oxygens (including phenoxy) is 1. The zero-order chi connectivity index (χ0) is 23.1. The molecule has 2 aromatic carbocycles. The smallest absolute Gasteiger partial charge is 0.261 e. The summed E-state index contributed by atoms with van der Waals surface area (Å²) in [4.78, 5) is 27.9. The van der Waals surface area contributed by atoms with Gasteiger partial charge in [0, 0.05) is 17.1 Å². The van der Waals surface area contributed by atoms with Crippen LogP contribution in [0.4, 0.5) is 0 Å². The van der Waals surface area contributed by atoms with Gasteiger partial charge in [0.2, 0.25) is 5.91 Å². The molecule has 1 N–H and O–H groups in total. The standard InChI is InChI=1S/C26H33BrN2O3/c1-18-12-13-19(2)24(14-18)32-17-25(30)29(16-21-8-7-9-22(27)15-21)20(3)26(31)28-23-10-5-4-6-11-23/h7-9,12-15,20,23H,4-6,10-11,16-17H2,1-3H3,(H,28,31)/t20-/m0/s1. The van der Waals surface area contributed by atoms with Gasteiger partial charge < -0.3 is 15.0 Å². The van der Waals surface area contributed by atoms with Crippen molar-refractivity contribution in [2.75, 3.05) is 6.61 Å². The molecule has 1 aliphatic rings. The second-order valence-corrected chi connectivity index (χ2v) is 9.64. The van der Waals surface area contributed by atoms with Gasteiger partial charge in [-0.1, -0.05) is 59.5 Å². The molecule has 5 nitrogen and oxygen atoms in total. The van der Waals surface area contributed by atoms with Gasteiger partial charge in [-0.05, 0) is 68.5 Å². The fourth-order valence-electron chi connectivity index (χ4n) is 4.07. The number of nitrogens with zero attached hydrogens (tertiary/aromatic N) is 1. The Balaban J connectivity index is 1.73. The molecule has 6 heteroatoms. The van der Waals surface area contributed by atoms with Gasteiger partial charge in [0.05, 0.1) is 0 Å². The highest BCUT2D eigenvalue weighted by molar-refractivity contribution is 9.10. The molecule has 1 saturated carbocycles. The first kappa shape index (κ1) is 24.3. The molecule has 0 aromatic heterocycles. The van der Waals surface area contributed by atoms with E-state index in [0.29, 0.717) is 12.3 Å². The predicted molar refractivity (Wildman–Crippen MR) is 131 cm³/mol. The van der Waals surface area contributed by atoms with Crippen molar-refractivity contribution in [2.24, 2.45) is 0 Å². The number of amides is 2. The normalized spacial score (nSPS) is 15.1. The van der Waals surface area contributed by atoms with Gasteiger partial charge in [0.25, 0.3) is 5.91 Å². The fraction of sp³-hybridized carbons (Fsp3) is 0.462. The van der Waals surface area contributed by atoms with Crippen molar-refractivity contribution in [1.82, 2.24) is 10.2 Å². The van der Waals surface area contributed by atoms with Gasteiger partial charge in [0.1, 0.15) is 11.8 Å². The minimum absolute atomic E-state index is 0.105. The van der Waals surface area contributed by atoms with Crippen LogP contribution in [0.2, 0.25) is 0 Å². The molecule has 0 unspecified atom stereocenters. The third-order valence-electron chi connectivity index (χ3n) is 6.06. The lowest BCUT2D eigenvalue weighted by molar-refractivity contribution is -0.142. The molecule has 0 radical (unpaired) electrons. The van der Waals surface area contributed by atoms with E-state index in [1.54, 1.807) is 11.8 Å². The Morgan fingerprint density at radius 3 is 2.59 bits per heavy atom. The maximum absolute atomic E-state index is 13.2. The summed E-state index contributed by atoms with van der Waals surface area (Å²) in [7, 11) is 0. The third kappa shape index (κ3) is 6.83. The molecule has 2 aromatic rings. The second kappa shape index (κ2) is 11.5. The minimum atomic E-state index is -0.592. The molecule has 1 aliphatic carbocycles. The van der Waals surface area contributed by atoms with E-state index in [-0.39, 0.29) is 24.5 Å². The van der Waals surface area contributed by atoms with Crippen LogP contribution in [0.3, 0.4) is 0 Å². The zero-order valence-corrected chi connectivity index (χ0v) is 20.8. The molecular formula is C26H33BrN2O3. The summed E-state index contributed by atoms with van der Waals surface area (Å²) in [5.41, 5.74) is 3.01. The Kier molecular flexibility index (Phi) is 8.74. The second-order valence-electron chi connectivity index (χ2n) is 8.73. The van der Waals surface area contributed by atoms with Crippen molar-refractivity contribution >= 4 is 27.7 Å². The maximum atomic E-state index is 13.2. The van der Waals surface area contributed by atoms with Crippen molar-refractivity contribution in [3.63, 3.8) is 0 Å². The lowest BCUT2D eigenvalue weighted by Gasteiger charge is -2.31. The minimum Gasteiger partial charge on any atom is -0.483 e. The summed E-state index contributed by atoms with van der Waals surface area (Å²) in [5, 5.41) is 3.16. The van der Waals surface area contributed by atoms with E-state index < -0.39 is 6.04 Å². The highest BCUT2D eigenvalue weighted by Crippen LogP contribution is 2.21. The molecule has 32 heavy (non-hydrogen) atoms. The third-order valence-corrected chi connectivity index (χ3v) is 6.55. The Labute approximate surface area is 199 Å². The average Bonchev–Trinajstić information content (AvgIpc) is 2.78. The molecule has 1 atom stereocenters. The largest absolute Gasteiger partial charge is 0.483 e. The van der Waals surface area contributed by atoms with Crippen molar-refractivity contribution < 1.29 is 14.3 Å². The first-order valence-electron chi connectivity index (χ1n) is 11.4. The highest BCUT2D eigenvalue weighted by atomic mass is 79.9. The molecule has 0 saturated heterocycles. The number of benzene rings is 2. The van der Waals surface area contributed by atoms with Crippen LogP contribution in [0, 0.1) is 13.8 Å². The lowest BCUT2D eigenvalue weighted by Crippen LogP contribution is -2.51. The van der Waals surface area contributed by atoms with Gasteiger partial charge in [0.15, 0.2) is 6.61 Å². The van der Waals surface area contributed by atoms with E-state index >= 15 is 0 Å². The summed E-state index contributed by atoms with van der Waals surface area (Å²) in [6.45, 7) is 5.98. The van der Waals surface area contributed by atoms with E-state index in [4.69, 9.17) is 4.74 Å². The maximum Gasteiger partial charge on any atom is 0.261 e.